The number of nitro groups is 1. The molecule has 1 saturated heterocycles. The zero-order chi connectivity index (χ0) is 24.4. The Labute approximate surface area is 205 Å². The molecule has 0 bridgehead atoms. The van der Waals surface area contributed by atoms with Crippen LogP contribution >= 0.6 is 0 Å². The van der Waals surface area contributed by atoms with Crippen molar-refractivity contribution in [1.82, 2.24) is 4.90 Å². The summed E-state index contributed by atoms with van der Waals surface area (Å²) in [6.45, 7) is 4.43. The van der Waals surface area contributed by atoms with Crippen LogP contribution in [0.4, 0.5) is 17.1 Å². The minimum Gasteiger partial charge on any atom is -0.369 e. The van der Waals surface area contributed by atoms with Crippen LogP contribution in [0.2, 0.25) is 0 Å². The van der Waals surface area contributed by atoms with E-state index in [1.165, 1.54) is 5.56 Å². The number of benzene rings is 2. The Morgan fingerprint density at radius 2 is 1.69 bits per heavy atom. The summed E-state index contributed by atoms with van der Waals surface area (Å²) in [6.07, 6.45) is 4.46. The predicted octanol–water partition coefficient (Wildman–Crippen LogP) is 3.03. The molecule has 2 aliphatic heterocycles. The molecule has 3 aliphatic rings. The van der Waals surface area contributed by atoms with Crippen LogP contribution in [0.3, 0.4) is 0 Å². The van der Waals surface area contributed by atoms with Crippen molar-refractivity contribution in [2.75, 3.05) is 36.0 Å². The third-order valence-electron chi connectivity index (χ3n) is 7.23. The fraction of sp³-hybridized carbons (Fsp3) is 0.440. The first-order valence-corrected chi connectivity index (χ1v) is 12.2. The summed E-state index contributed by atoms with van der Waals surface area (Å²) in [7, 11) is 0. The molecule has 1 spiro atoms. The molecule has 2 fully saturated rings. The van der Waals surface area contributed by atoms with Crippen LogP contribution in [0, 0.1) is 10.1 Å². The number of nitrogens with zero attached hydrogens (tertiary/aromatic N) is 6. The minimum absolute atomic E-state index is 0.00441. The van der Waals surface area contributed by atoms with E-state index in [4.69, 9.17) is 11.5 Å². The van der Waals surface area contributed by atoms with Gasteiger partial charge in [-0.25, -0.2) is 4.99 Å². The third-order valence-corrected chi connectivity index (χ3v) is 7.23. The maximum Gasteiger partial charge on any atom is 0.293 e. The average Bonchev–Trinajstić information content (AvgIpc) is 2.85. The Hall–Kier alpha value is -3.66. The quantitative estimate of drug-likeness (QED) is 0.501. The highest BCUT2D eigenvalue weighted by molar-refractivity contribution is 6.07. The zero-order valence-electron chi connectivity index (χ0n) is 19.8. The summed E-state index contributed by atoms with van der Waals surface area (Å²) < 4.78 is 0. The van der Waals surface area contributed by atoms with Gasteiger partial charge in [0.1, 0.15) is 11.4 Å². The Morgan fingerprint density at radius 1 is 0.971 bits per heavy atom. The van der Waals surface area contributed by atoms with Crippen LogP contribution < -0.4 is 21.3 Å². The molecule has 0 atom stereocenters. The number of hydrogen-bond donors (Lipinski definition) is 2. The largest absolute Gasteiger partial charge is 0.369 e. The lowest BCUT2D eigenvalue weighted by Gasteiger charge is -2.45. The number of nitrogens with two attached hydrogens (primary N) is 2. The molecular formula is C25H32N8O2. The summed E-state index contributed by atoms with van der Waals surface area (Å²) in [5.41, 5.74) is 14.3. The fourth-order valence-electron chi connectivity index (χ4n) is 5.52. The second kappa shape index (κ2) is 9.53. The Balaban J connectivity index is 1.42. The van der Waals surface area contributed by atoms with Crippen molar-refractivity contribution in [3.8, 4) is 0 Å². The van der Waals surface area contributed by atoms with Crippen LogP contribution in [0.15, 0.2) is 58.5 Å². The lowest BCUT2D eigenvalue weighted by atomic mass is 9.87. The summed E-state index contributed by atoms with van der Waals surface area (Å²) in [4.78, 5) is 27.0. The van der Waals surface area contributed by atoms with E-state index >= 15 is 0 Å². The molecule has 4 N–H and O–H groups in total. The number of anilines is 2. The van der Waals surface area contributed by atoms with Gasteiger partial charge >= 0.3 is 0 Å². The molecule has 184 valence electrons. The van der Waals surface area contributed by atoms with Gasteiger partial charge in [0.15, 0.2) is 0 Å². The van der Waals surface area contributed by atoms with Gasteiger partial charge in [-0.15, -0.1) is 0 Å². The highest BCUT2D eigenvalue weighted by atomic mass is 16.6. The van der Waals surface area contributed by atoms with Gasteiger partial charge in [0.05, 0.1) is 4.92 Å². The van der Waals surface area contributed by atoms with E-state index in [0.29, 0.717) is 5.69 Å². The van der Waals surface area contributed by atoms with Gasteiger partial charge in [0.25, 0.3) is 5.69 Å². The normalized spacial score (nSPS) is 20.5. The van der Waals surface area contributed by atoms with Crippen molar-refractivity contribution >= 4 is 29.0 Å². The molecule has 10 heteroatoms. The topological polar surface area (TPSA) is 130 Å². The summed E-state index contributed by atoms with van der Waals surface area (Å²) in [5, 5.41) is 12.0. The maximum atomic E-state index is 12.0. The lowest BCUT2D eigenvalue weighted by Crippen LogP contribution is -2.58. The van der Waals surface area contributed by atoms with Crippen LogP contribution in [-0.2, 0) is 6.54 Å². The molecular weight excluding hydrogens is 444 g/mol. The fourth-order valence-corrected chi connectivity index (χ4v) is 5.52. The van der Waals surface area contributed by atoms with Crippen LogP contribution in [-0.4, -0.2) is 53.6 Å². The highest BCUT2D eigenvalue weighted by Crippen LogP contribution is 2.43. The lowest BCUT2D eigenvalue weighted by molar-refractivity contribution is -0.384. The molecule has 1 aliphatic carbocycles. The van der Waals surface area contributed by atoms with Gasteiger partial charge in [0, 0.05) is 44.5 Å². The van der Waals surface area contributed by atoms with Crippen molar-refractivity contribution in [2.45, 2.75) is 44.3 Å². The van der Waals surface area contributed by atoms with Crippen LogP contribution in [0.25, 0.3) is 0 Å². The van der Waals surface area contributed by atoms with E-state index < -0.39 is 5.66 Å². The molecule has 0 unspecified atom stereocenters. The summed E-state index contributed by atoms with van der Waals surface area (Å²) in [6, 6.07) is 15.7. The predicted molar refractivity (Wildman–Crippen MR) is 139 cm³/mol. The molecule has 5 rings (SSSR count). The van der Waals surface area contributed by atoms with Crippen LogP contribution in [0.1, 0.15) is 37.7 Å². The van der Waals surface area contributed by atoms with Crippen molar-refractivity contribution in [3.05, 3.63) is 64.2 Å². The number of hydrogen-bond acceptors (Lipinski definition) is 9. The first-order valence-electron chi connectivity index (χ1n) is 12.2. The molecule has 35 heavy (non-hydrogen) atoms. The van der Waals surface area contributed by atoms with E-state index in [9.17, 15) is 10.1 Å². The smallest absolute Gasteiger partial charge is 0.293 e. The third kappa shape index (κ3) is 4.66. The van der Waals surface area contributed by atoms with E-state index in [1.807, 2.05) is 18.2 Å². The number of nitro benzene ring substituents is 1. The molecule has 1 saturated carbocycles. The van der Waals surface area contributed by atoms with Gasteiger partial charge in [-0.2, -0.15) is 4.99 Å². The van der Waals surface area contributed by atoms with Gasteiger partial charge in [-0.3, -0.25) is 19.9 Å². The van der Waals surface area contributed by atoms with E-state index in [2.05, 4.69) is 44.1 Å². The molecule has 2 aromatic rings. The Morgan fingerprint density at radius 3 is 2.37 bits per heavy atom. The number of rotatable bonds is 5. The van der Waals surface area contributed by atoms with Crippen molar-refractivity contribution < 1.29 is 4.92 Å². The van der Waals surface area contributed by atoms with Crippen molar-refractivity contribution in [1.29, 1.82) is 0 Å². The maximum absolute atomic E-state index is 12.0. The number of aliphatic imine (C=N–C) groups is 2. The van der Waals surface area contributed by atoms with Gasteiger partial charge in [-0.05, 0) is 43.4 Å². The first kappa shape index (κ1) is 23.1. The monoisotopic (exact) mass is 476 g/mol. The molecule has 2 heterocycles. The molecule has 10 nitrogen and oxygen atoms in total. The molecule has 2 aromatic carbocycles. The molecule has 0 radical (unpaired) electrons. The van der Waals surface area contributed by atoms with E-state index in [1.54, 1.807) is 11.0 Å². The van der Waals surface area contributed by atoms with Gasteiger partial charge in [0.2, 0.25) is 11.9 Å². The zero-order valence-corrected chi connectivity index (χ0v) is 19.8. The average molecular weight is 477 g/mol. The Bertz CT molecular complexity index is 1140. The number of guanidine groups is 2. The van der Waals surface area contributed by atoms with Gasteiger partial charge in [-0.1, -0.05) is 36.8 Å². The second-order valence-electron chi connectivity index (χ2n) is 9.50. The van der Waals surface area contributed by atoms with E-state index in [0.717, 1.165) is 70.5 Å². The standard InChI is InChI=1S/C25H32N8O2/c26-23-28-24(27)32(25(29-23)11-5-2-6-12-25)22-17-20(9-10-21(22)33(34)35)31-15-13-30(14-16-31)18-19-7-3-1-4-8-19/h1,3-4,7-10,17H,2,5-6,11-16,18H2,(H4,26,27,28,29). The highest BCUT2D eigenvalue weighted by Gasteiger charge is 2.45. The van der Waals surface area contributed by atoms with Crippen molar-refractivity contribution in [2.24, 2.45) is 21.5 Å². The SMILES string of the molecule is NC1=NC2(CCCCC2)N(c2cc(N3CCN(Cc4ccccc4)CC3)ccc2[N+](=O)[O-])C(N)=N1. The first-order chi connectivity index (χ1) is 16.9. The van der Waals surface area contributed by atoms with Crippen molar-refractivity contribution in [3.63, 3.8) is 0 Å². The number of piperazine rings is 1. The second-order valence-corrected chi connectivity index (χ2v) is 9.50. The summed E-state index contributed by atoms with van der Waals surface area (Å²) in [5.74, 6) is 0.293. The van der Waals surface area contributed by atoms with E-state index in [-0.39, 0.29) is 22.5 Å². The molecule has 0 amide bonds. The molecule has 0 aromatic heterocycles. The summed E-state index contributed by atoms with van der Waals surface area (Å²) >= 11 is 0. The van der Waals surface area contributed by atoms with Gasteiger partial charge < -0.3 is 16.4 Å². The minimum atomic E-state index is -0.730. The Kier molecular flexibility index (Phi) is 6.29. The van der Waals surface area contributed by atoms with Crippen LogP contribution in [0.5, 0.6) is 0 Å².